The van der Waals surface area contributed by atoms with E-state index in [4.69, 9.17) is 0 Å². The molecular weight excluding hydrogens is 235 g/mol. The number of alkyl halides is 3. The fourth-order valence-electron chi connectivity index (χ4n) is 1.69. The quantitative estimate of drug-likeness (QED) is 0.819. The highest BCUT2D eigenvalue weighted by molar-refractivity contribution is 6.00. The SMILES string of the molecule is Cc1cnc2c(c1)NC(=O)CN2CC(F)(F)F. The zero-order valence-electron chi connectivity index (χ0n) is 9.01. The van der Waals surface area contributed by atoms with E-state index in [2.05, 4.69) is 10.3 Å². The Labute approximate surface area is 95.4 Å². The number of fused-ring (bicyclic) bond motifs is 1. The van der Waals surface area contributed by atoms with Crippen LogP contribution >= 0.6 is 0 Å². The van der Waals surface area contributed by atoms with Crippen LogP contribution in [0.25, 0.3) is 0 Å². The molecule has 0 spiro atoms. The zero-order chi connectivity index (χ0) is 12.6. The van der Waals surface area contributed by atoms with Gasteiger partial charge in [-0.2, -0.15) is 13.2 Å². The Morgan fingerprint density at radius 3 is 2.88 bits per heavy atom. The summed E-state index contributed by atoms with van der Waals surface area (Å²) in [4.78, 5) is 16.1. The molecule has 0 aromatic carbocycles. The van der Waals surface area contributed by atoms with Crippen molar-refractivity contribution in [2.75, 3.05) is 23.3 Å². The molecule has 2 heterocycles. The third-order valence-corrected chi connectivity index (χ3v) is 2.28. The molecule has 0 radical (unpaired) electrons. The summed E-state index contributed by atoms with van der Waals surface area (Å²) < 4.78 is 37.0. The van der Waals surface area contributed by atoms with Gasteiger partial charge in [0.2, 0.25) is 5.91 Å². The third kappa shape index (κ3) is 2.66. The van der Waals surface area contributed by atoms with Crippen LogP contribution in [0.4, 0.5) is 24.7 Å². The summed E-state index contributed by atoms with van der Waals surface area (Å²) in [7, 11) is 0. The summed E-state index contributed by atoms with van der Waals surface area (Å²) in [5.74, 6) is -0.304. The van der Waals surface area contributed by atoms with Crippen LogP contribution < -0.4 is 10.2 Å². The second-order valence-electron chi connectivity index (χ2n) is 3.90. The van der Waals surface area contributed by atoms with Gasteiger partial charge in [-0.3, -0.25) is 4.79 Å². The molecule has 0 atom stereocenters. The predicted octanol–water partition coefficient (Wildman–Crippen LogP) is 1.71. The number of amides is 1. The van der Waals surface area contributed by atoms with E-state index in [1.807, 2.05) is 0 Å². The summed E-state index contributed by atoms with van der Waals surface area (Å²) in [6, 6.07) is 1.60. The average molecular weight is 245 g/mol. The summed E-state index contributed by atoms with van der Waals surface area (Å²) in [5.41, 5.74) is 1.10. The number of hydrogen-bond acceptors (Lipinski definition) is 3. The lowest BCUT2D eigenvalue weighted by molar-refractivity contribution is -0.122. The molecule has 0 unspecified atom stereocenters. The van der Waals surface area contributed by atoms with Gasteiger partial charge in [-0.25, -0.2) is 4.98 Å². The Balaban J connectivity index is 2.34. The Morgan fingerprint density at radius 1 is 1.53 bits per heavy atom. The van der Waals surface area contributed by atoms with Crippen molar-refractivity contribution in [3.05, 3.63) is 17.8 Å². The normalized spacial score (nSPS) is 15.5. The van der Waals surface area contributed by atoms with E-state index in [9.17, 15) is 18.0 Å². The standard InChI is InChI=1S/C10H10F3N3O/c1-6-2-7-9(14-3-6)16(4-8(17)15-7)5-10(11,12)13/h2-3H,4-5H2,1H3,(H,15,17). The molecule has 0 bridgehead atoms. The average Bonchev–Trinajstić information content (AvgIpc) is 2.13. The highest BCUT2D eigenvalue weighted by atomic mass is 19.4. The van der Waals surface area contributed by atoms with Crippen molar-refractivity contribution in [2.45, 2.75) is 13.1 Å². The molecular formula is C10H10F3N3O. The summed E-state index contributed by atoms with van der Waals surface area (Å²) in [5, 5.41) is 2.51. The number of hydrogen-bond donors (Lipinski definition) is 1. The van der Waals surface area contributed by atoms with Crippen LogP contribution in [0.5, 0.6) is 0 Å². The van der Waals surface area contributed by atoms with E-state index < -0.39 is 18.6 Å². The first-order valence-corrected chi connectivity index (χ1v) is 4.93. The van der Waals surface area contributed by atoms with Gasteiger partial charge in [0.25, 0.3) is 0 Å². The van der Waals surface area contributed by atoms with Crippen molar-refractivity contribution < 1.29 is 18.0 Å². The fourth-order valence-corrected chi connectivity index (χ4v) is 1.69. The van der Waals surface area contributed by atoms with Crippen LogP contribution in [0.15, 0.2) is 12.3 Å². The van der Waals surface area contributed by atoms with Crippen LogP contribution in [-0.4, -0.2) is 30.2 Å². The molecule has 1 aromatic rings. The molecule has 2 rings (SSSR count). The third-order valence-electron chi connectivity index (χ3n) is 2.28. The van der Waals surface area contributed by atoms with Crippen LogP contribution in [0.2, 0.25) is 0 Å². The van der Waals surface area contributed by atoms with Crippen LogP contribution in [0.3, 0.4) is 0 Å². The monoisotopic (exact) mass is 245 g/mol. The van der Waals surface area contributed by atoms with Crippen molar-refractivity contribution in [1.82, 2.24) is 4.98 Å². The van der Waals surface area contributed by atoms with Crippen molar-refractivity contribution in [3.8, 4) is 0 Å². The zero-order valence-corrected chi connectivity index (χ0v) is 9.01. The maximum absolute atomic E-state index is 12.3. The van der Waals surface area contributed by atoms with Gasteiger partial charge >= 0.3 is 6.18 Å². The van der Waals surface area contributed by atoms with Gasteiger partial charge in [0, 0.05) is 6.20 Å². The van der Waals surface area contributed by atoms with Crippen molar-refractivity contribution in [3.63, 3.8) is 0 Å². The molecule has 17 heavy (non-hydrogen) atoms. The number of pyridine rings is 1. The molecule has 4 nitrogen and oxygen atoms in total. The first-order valence-electron chi connectivity index (χ1n) is 4.93. The Hall–Kier alpha value is -1.79. The number of halogens is 3. The molecule has 1 aliphatic rings. The molecule has 0 saturated heterocycles. The number of anilines is 2. The van der Waals surface area contributed by atoms with Crippen molar-refractivity contribution in [2.24, 2.45) is 0 Å². The molecule has 1 aliphatic heterocycles. The molecule has 7 heteroatoms. The van der Waals surface area contributed by atoms with Crippen molar-refractivity contribution in [1.29, 1.82) is 0 Å². The number of nitrogens with zero attached hydrogens (tertiary/aromatic N) is 2. The van der Waals surface area contributed by atoms with E-state index >= 15 is 0 Å². The molecule has 0 saturated carbocycles. The van der Waals surface area contributed by atoms with Gasteiger partial charge in [-0.15, -0.1) is 0 Å². The first kappa shape index (κ1) is 11.7. The Kier molecular flexibility index (Phi) is 2.68. The lowest BCUT2D eigenvalue weighted by Crippen LogP contribution is -2.43. The number of nitrogens with one attached hydrogen (secondary N) is 1. The number of rotatable bonds is 1. The topological polar surface area (TPSA) is 45.2 Å². The molecule has 0 aliphatic carbocycles. The second kappa shape index (κ2) is 3.90. The summed E-state index contributed by atoms with van der Waals surface area (Å²) in [6.07, 6.45) is -2.89. The number of aromatic nitrogens is 1. The highest BCUT2D eigenvalue weighted by Crippen LogP contribution is 2.30. The first-order chi connectivity index (χ1) is 7.85. The minimum absolute atomic E-state index is 0.160. The van der Waals surface area contributed by atoms with Gasteiger partial charge < -0.3 is 10.2 Å². The van der Waals surface area contributed by atoms with Gasteiger partial charge in [0.15, 0.2) is 5.82 Å². The Bertz CT molecular complexity index is 459. The van der Waals surface area contributed by atoms with Gasteiger partial charge in [0.05, 0.1) is 12.2 Å². The van der Waals surface area contributed by atoms with Crippen LogP contribution in [0.1, 0.15) is 5.56 Å². The van der Waals surface area contributed by atoms with Gasteiger partial charge in [-0.1, -0.05) is 0 Å². The smallest absolute Gasteiger partial charge is 0.336 e. The number of aryl methyl sites for hydroxylation is 1. The predicted molar refractivity (Wildman–Crippen MR) is 55.9 cm³/mol. The van der Waals surface area contributed by atoms with Gasteiger partial charge in [-0.05, 0) is 18.6 Å². The van der Waals surface area contributed by atoms with E-state index in [1.165, 1.54) is 6.20 Å². The highest BCUT2D eigenvalue weighted by Gasteiger charge is 2.35. The fraction of sp³-hybridized carbons (Fsp3) is 0.400. The second-order valence-corrected chi connectivity index (χ2v) is 3.90. The van der Waals surface area contributed by atoms with E-state index in [1.54, 1.807) is 13.0 Å². The molecule has 1 aromatic heterocycles. The summed E-state index contributed by atoms with van der Waals surface area (Å²) in [6.45, 7) is 0.244. The lowest BCUT2D eigenvalue weighted by atomic mass is 10.2. The van der Waals surface area contributed by atoms with Crippen LogP contribution in [-0.2, 0) is 4.79 Å². The maximum Gasteiger partial charge on any atom is 0.405 e. The molecule has 0 fully saturated rings. The maximum atomic E-state index is 12.3. The van der Waals surface area contributed by atoms with Crippen molar-refractivity contribution >= 4 is 17.4 Å². The molecule has 1 N–H and O–H groups in total. The lowest BCUT2D eigenvalue weighted by Gasteiger charge is -2.30. The summed E-state index contributed by atoms with van der Waals surface area (Å²) >= 11 is 0. The molecule has 92 valence electrons. The largest absolute Gasteiger partial charge is 0.405 e. The molecule has 1 amide bonds. The van der Waals surface area contributed by atoms with Gasteiger partial charge in [0.1, 0.15) is 6.54 Å². The van der Waals surface area contributed by atoms with E-state index in [0.29, 0.717) is 5.69 Å². The Morgan fingerprint density at radius 2 is 2.24 bits per heavy atom. The van der Waals surface area contributed by atoms with E-state index in [0.717, 1.165) is 10.5 Å². The minimum atomic E-state index is -4.36. The number of carbonyl (C=O) groups excluding carboxylic acids is 1. The van der Waals surface area contributed by atoms with E-state index in [-0.39, 0.29) is 12.4 Å². The minimum Gasteiger partial charge on any atom is -0.336 e. The van der Waals surface area contributed by atoms with Crippen LogP contribution in [0, 0.1) is 6.92 Å². The number of carbonyl (C=O) groups is 1.